The Morgan fingerprint density at radius 1 is 0.973 bits per heavy atom. The summed E-state index contributed by atoms with van der Waals surface area (Å²) in [6.07, 6.45) is 4.80. The Balaban J connectivity index is 1.09. The van der Waals surface area contributed by atoms with Gasteiger partial charge in [-0.25, -0.2) is 4.98 Å². The first kappa shape index (κ1) is 23.7. The van der Waals surface area contributed by atoms with Gasteiger partial charge in [-0.1, -0.05) is 12.1 Å². The summed E-state index contributed by atoms with van der Waals surface area (Å²) in [5.41, 5.74) is 5.90. The molecule has 2 fully saturated rings. The number of anilines is 1. The summed E-state index contributed by atoms with van der Waals surface area (Å²) in [7, 11) is 0. The van der Waals surface area contributed by atoms with E-state index in [1.54, 1.807) is 4.52 Å². The highest BCUT2D eigenvalue weighted by molar-refractivity contribution is 5.62. The lowest BCUT2D eigenvalue weighted by atomic mass is 10.1. The van der Waals surface area contributed by atoms with E-state index in [1.807, 2.05) is 33.2 Å². The highest BCUT2D eigenvalue weighted by Crippen LogP contribution is 2.29. The number of aryl methyl sites for hydroxylation is 3. The van der Waals surface area contributed by atoms with E-state index in [1.165, 1.54) is 5.69 Å². The second-order valence-electron chi connectivity index (χ2n) is 9.79. The lowest BCUT2D eigenvalue weighted by molar-refractivity contribution is 0.0336. The Morgan fingerprint density at radius 3 is 2.54 bits per heavy atom. The lowest BCUT2D eigenvalue weighted by Gasteiger charge is -2.25. The molecule has 0 saturated carbocycles. The number of morpholine rings is 1. The number of ether oxygens (including phenoxy) is 2. The molecule has 10 nitrogen and oxygen atoms in total. The molecule has 6 rings (SSSR count). The van der Waals surface area contributed by atoms with E-state index in [-0.39, 0.29) is 6.10 Å². The first-order chi connectivity index (χ1) is 18.0. The van der Waals surface area contributed by atoms with Gasteiger partial charge in [0.15, 0.2) is 5.75 Å². The maximum atomic E-state index is 6.44. The number of hydrogen-bond acceptors (Lipinski definition) is 9. The van der Waals surface area contributed by atoms with Crippen molar-refractivity contribution in [2.75, 3.05) is 44.3 Å². The summed E-state index contributed by atoms with van der Waals surface area (Å²) in [5.74, 6) is 2.12. The zero-order valence-corrected chi connectivity index (χ0v) is 21.6. The first-order valence-corrected chi connectivity index (χ1v) is 12.9. The topological polar surface area (TPSA) is 93.8 Å². The van der Waals surface area contributed by atoms with Crippen LogP contribution in [-0.4, -0.2) is 79.9 Å². The molecule has 5 heterocycles. The Bertz CT molecular complexity index is 1380. The van der Waals surface area contributed by atoms with Crippen LogP contribution < -0.4 is 9.64 Å². The van der Waals surface area contributed by atoms with Crippen molar-refractivity contribution in [1.29, 1.82) is 0 Å². The van der Waals surface area contributed by atoms with Gasteiger partial charge in [0.1, 0.15) is 11.9 Å². The number of aromatic nitrogens is 6. The fraction of sp³-hybridized carbons (Fsp3) is 0.444. The Labute approximate surface area is 216 Å². The van der Waals surface area contributed by atoms with Crippen LogP contribution in [0.5, 0.6) is 5.75 Å². The molecule has 1 unspecified atom stereocenters. The van der Waals surface area contributed by atoms with E-state index < -0.39 is 0 Å². The van der Waals surface area contributed by atoms with E-state index >= 15 is 0 Å². The first-order valence-electron chi connectivity index (χ1n) is 12.9. The zero-order chi connectivity index (χ0) is 25.4. The van der Waals surface area contributed by atoms with Crippen molar-refractivity contribution in [2.45, 2.75) is 39.8 Å². The highest BCUT2D eigenvalue weighted by Gasteiger charge is 2.26. The third-order valence-electron chi connectivity index (χ3n) is 7.09. The Hall–Kier alpha value is -3.63. The molecule has 2 aliphatic rings. The maximum absolute atomic E-state index is 6.44. The van der Waals surface area contributed by atoms with Crippen molar-refractivity contribution >= 4 is 11.5 Å². The molecule has 10 heteroatoms. The van der Waals surface area contributed by atoms with E-state index in [9.17, 15) is 0 Å². The van der Waals surface area contributed by atoms with Crippen molar-refractivity contribution in [2.24, 2.45) is 0 Å². The second kappa shape index (κ2) is 10.0. The molecule has 0 amide bonds. The standard InChI is InChI=1S/C27H32N8O2/c1-18-26(19(2)35-27(30-18)31-20(3)32-35)37-24-8-9-34(17-24)23-6-4-21(5-7-23)25-15-28-22(14-29-25)16-33-10-12-36-13-11-33/h4-7,14-15,24H,8-13,16-17H2,1-3H3. The van der Waals surface area contributed by atoms with Crippen LogP contribution in [0.25, 0.3) is 17.0 Å². The number of benzene rings is 1. The van der Waals surface area contributed by atoms with Gasteiger partial charge in [0.25, 0.3) is 5.78 Å². The second-order valence-corrected chi connectivity index (χ2v) is 9.79. The molecule has 192 valence electrons. The van der Waals surface area contributed by atoms with Crippen LogP contribution in [0, 0.1) is 20.8 Å². The van der Waals surface area contributed by atoms with Crippen LogP contribution >= 0.6 is 0 Å². The minimum atomic E-state index is 0.0887. The Kier molecular flexibility index (Phi) is 6.43. The van der Waals surface area contributed by atoms with Gasteiger partial charge < -0.3 is 14.4 Å². The smallest absolute Gasteiger partial charge is 0.253 e. The van der Waals surface area contributed by atoms with Crippen molar-refractivity contribution in [3.05, 3.63) is 59.6 Å². The molecule has 4 aromatic rings. The van der Waals surface area contributed by atoms with Gasteiger partial charge in [0.2, 0.25) is 0 Å². The summed E-state index contributed by atoms with van der Waals surface area (Å²) in [4.78, 5) is 23.0. The van der Waals surface area contributed by atoms with Gasteiger partial charge >= 0.3 is 0 Å². The molecule has 1 aromatic carbocycles. The number of fused-ring (bicyclic) bond motifs is 1. The largest absolute Gasteiger partial charge is 0.485 e. The van der Waals surface area contributed by atoms with Crippen LogP contribution in [0.2, 0.25) is 0 Å². The molecule has 0 aliphatic carbocycles. The van der Waals surface area contributed by atoms with E-state index in [0.29, 0.717) is 11.6 Å². The molecule has 2 saturated heterocycles. The van der Waals surface area contributed by atoms with Crippen LogP contribution in [0.1, 0.15) is 29.3 Å². The van der Waals surface area contributed by atoms with Gasteiger partial charge in [0, 0.05) is 43.9 Å². The summed E-state index contributed by atoms with van der Waals surface area (Å²) in [6, 6.07) is 8.55. The third kappa shape index (κ3) is 4.99. The van der Waals surface area contributed by atoms with Crippen LogP contribution in [0.4, 0.5) is 5.69 Å². The summed E-state index contributed by atoms with van der Waals surface area (Å²) < 4.78 is 13.6. The van der Waals surface area contributed by atoms with Crippen LogP contribution in [0.15, 0.2) is 36.7 Å². The van der Waals surface area contributed by atoms with E-state index in [0.717, 1.165) is 86.4 Å². The molecular formula is C27H32N8O2. The summed E-state index contributed by atoms with van der Waals surface area (Å²) in [5, 5.41) is 4.45. The monoisotopic (exact) mass is 500 g/mol. The molecule has 1 atom stereocenters. The Morgan fingerprint density at radius 2 is 1.78 bits per heavy atom. The van der Waals surface area contributed by atoms with Crippen LogP contribution in [0.3, 0.4) is 0 Å². The van der Waals surface area contributed by atoms with Gasteiger partial charge in [-0.2, -0.15) is 9.50 Å². The third-order valence-corrected chi connectivity index (χ3v) is 7.09. The van der Waals surface area contributed by atoms with Crippen molar-refractivity contribution in [3.63, 3.8) is 0 Å². The van der Waals surface area contributed by atoms with E-state index in [2.05, 4.69) is 59.1 Å². The van der Waals surface area contributed by atoms with Gasteiger partial charge in [-0.05, 0) is 32.9 Å². The summed E-state index contributed by atoms with van der Waals surface area (Å²) >= 11 is 0. The molecule has 0 radical (unpaired) electrons. The van der Waals surface area contributed by atoms with Crippen molar-refractivity contribution in [3.8, 4) is 17.0 Å². The predicted molar refractivity (Wildman–Crippen MR) is 140 cm³/mol. The molecule has 0 N–H and O–H groups in total. The quantitative estimate of drug-likeness (QED) is 0.396. The fourth-order valence-corrected chi connectivity index (χ4v) is 5.07. The maximum Gasteiger partial charge on any atom is 0.253 e. The molecule has 0 bridgehead atoms. The van der Waals surface area contributed by atoms with Gasteiger partial charge in [-0.15, -0.1) is 5.10 Å². The number of hydrogen-bond donors (Lipinski definition) is 0. The van der Waals surface area contributed by atoms with Crippen molar-refractivity contribution < 1.29 is 9.47 Å². The molecule has 37 heavy (non-hydrogen) atoms. The SMILES string of the molecule is Cc1nc2nc(C)c(OC3CCN(c4ccc(-c5cnc(CN6CCOCC6)cn5)cc4)C3)c(C)n2n1. The zero-order valence-electron chi connectivity index (χ0n) is 21.6. The average Bonchev–Trinajstić information content (AvgIpc) is 3.54. The molecular weight excluding hydrogens is 468 g/mol. The van der Waals surface area contributed by atoms with E-state index in [4.69, 9.17) is 9.47 Å². The fourth-order valence-electron chi connectivity index (χ4n) is 5.07. The van der Waals surface area contributed by atoms with Crippen molar-refractivity contribution in [1.82, 2.24) is 34.4 Å². The minimum absolute atomic E-state index is 0.0887. The lowest BCUT2D eigenvalue weighted by Crippen LogP contribution is -2.35. The predicted octanol–water partition coefficient (Wildman–Crippen LogP) is 3.00. The molecule has 3 aromatic heterocycles. The number of rotatable bonds is 6. The number of nitrogens with zero attached hydrogens (tertiary/aromatic N) is 8. The molecule has 2 aliphatic heterocycles. The highest BCUT2D eigenvalue weighted by atomic mass is 16.5. The normalized spacial score (nSPS) is 18.6. The van der Waals surface area contributed by atoms with Crippen LogP contribution in [-0.2, 0) is 11.3 Å². The molecule has 0 spiro atoms. The minimum Gasteiger partial charge on any atom is -0.485 e. The van der Waals surface area contributed by atoms with Gasteiger partial charge in [0.05, 0.1) is 54.9 Å². The van der Waals surface area contributed by atoms with Gasteiger partial charge in [-0.3, -0.25) is 14.9 Å². The average molecular weight is 501 g/mol. The summed E-state index contributed by atoms with van der Waals surface area (Å²) in [6.45, 7) is 11.9.